The second-order valence-electron chi connectivity index (χ2n) is 2.88. The summed E-state index contributed by atoms with van der Waals surface area (Å²) in [7, 11) is 0. The molecule has 2 nitrogen and oxygen atoms in total. The number of hydrogen-bond donors (Lipinski definition) is 2. The summed E-state index contributed by atoms with van der Waals surface area (Å²) in [6.45, 7) is 0.223. The van der Waals surface area contributed by atoms with Gasteiger partial charge in [0.2, 0.25) is 0 Å². The van der Waals surface area contributed by atoms with Gasteiger partial charge in [0.25, 0.3) is 0 Å². The fourth-order valence-corrected chi connectivity index (χ4v) is 1.18. The van der Waals surface area contributed by atoms with Crippen molar-refractivity contribution in [3.05, 3.63) is 35.9 Å². The molecule has 2 heteroatoms. The molecule has 0 saturated heterocycles. The summed E-state index contributed by atoms with van der Waals surface area (Å²) in [5.41, 5.74) is 7.01. The Morgan fingerprint density at radius 3 is 2.50 bits per heavy atom. The molecule has 3 N–H and O–H groups in total. The molecule has 0 unspecified atom stereocenters. The molecule has 0 radical (unpaired) electrons. The maximum absolute atomic E-state index is 8.61. The van der Waals surface area contributed by atoms with E-state index in [0.717, 1.165) is 18.4 Å². The fraction of sp³-hybridized carbons (Fsp3) is 0.400. The van der Waals surface area contributed by atoms with Gasteiger partial charge in [0.1, 0.15) is 0 Å². The molecule has 66 valence electrons. The second kappa shape index (κ2) is 4.91. The van der Waals surface area contributed by atoms with Crippen molar-refractivity contribution in [2.75, 3.05) is 6.61 Å². The zero-order valence-electron chi connectivity index (χ0n) is 7.11. The van der Waals surface area contributed by atoms with Gasteiger partial charge in [0.15, 0.2) is 0 Å². The summed E-state index contributed by atoms with van der Waals surface area (Å²) >= 11 is 0. The average molecular weight is 165 g/mol. The monoisotopic (exact) mass is 165 g/mol. The van der Waals surface area contributed by atoms with Crippen molar-refractivity contribution in [3.8, 4) is 0 Å². The van der Waals surface area contributed by atoms with Gasteiger partial charge >= 0.3 is 0 Å². The van der Waals surface area contributed by atoms with E-state index in [0.29, 0.717) is 0 Å². The van der Waals surface area contributed by atoms with Crippen molar-refractivity contribution in [2.24, 2.45) is 5.73 Å². The van der Waals surface area contributed by atoms with E-state index in [2.05, 4.69) is 0 Å². The molecule has 1 aromatic carbocycles. The molecule has 1 aromatic rings. The molecule has 0 aliphatic rings. The van der Waals surface area contributed by atoms with E-state index in [4.69, 9.17) is 10.8 Å². The first-order chi connectivity index (χ1) is 5.84. The van der Waals surface area contributed by atoms with Gasteiger partial charge in [-0.2, -0.15) is 0 Å². The van der Waals surface area contributed by atoms with Gasteiger partial charge in [-0.15, -0.1) is 0 Å². The van der Waals surface area contributed by atoms with Crippen LogP contribution in [0.5, 0.6) is 0 Å². The maximum Gasteiger partial charge on any atom is 0.0431 e. The van der Waals surface area contributed by atoms with Gasteiger partial charge in [-0.25, -0.2) is 0 Å². The van der Waals surface area contributed by atoms with Gasteiger partial charge in [0.05, 0.1) is 0 Å². The molecule has 0 spiro atoms. The average Bonchev–Trinajstić information content (AvgIpc) is 2.15. The second-order valence-corrected chi connectivity index (χ2v) is 2.88. The molecule has 0 aromatic heterocycles. The van der Waals surface area contributed by atoms with Crippen LogP contribution in [0.15, 0.2) is 30.3 Å². The molecule has 0 aliphatic heterocycles. The molecular formula is C10H15NO. The van der Waals surface area contributed by atoms with Crippen LogP contribution in [0, 0.1) is 0 Å². The number of aliphatic hydroxyl groups excluding tert-OH is 1. The first kappa shape index (κ1) is 9.23. The lowest BCUT2D eigenvalue weighted by Gasteiger charge is -2.10. The highest BCUT2D eigenvalue weighted by Gasteiger charge is 2.03. The topological polar surface area (TPSA) is 46.2 Å². The third-order valence-corrected chi connectivity index (χ3v) is 1.90. The summed E-state index contributed by atoms with van der Waals surface area (Å²) in [5.74, 6) is 0. The van der Waals surface area contributed by atoms with Crippen LogP contribution >= 0.6 is 0 Å². The maximum atomic E-state index is 8.61. The number of nitrogens with two attached hydrogens (primary N) is 1. The molecule has 0 aliphatic carbocycles. The van der Waals surface area contributed by atoms with E-state index in [-0.39, 0.29) is 12.6 Å². The predicted octanol–water partition coefficient (Wildman–Crippen LogP) is 1.46. The minimum Gasteiger partial charge on any atom is -0.396 e. The molecule has 0 saturated carbocycles. The van der Waals surface area contributed by atoms with Crippen molar-refractivity contribution in [3.63, 3.8) is 0 Å². The Morgan fingerprint density at radius 1 is 1.25 bits per heavy atom. The Kier molecular flexibility index (Phi) is 3.77. The van der Waals surface area contributed by atoms with Crippen LogP contribution in [0.3, 0.4) is 0 Å². The molecule has 0 amide bonds. The van der Waals surface area contributed by atoms with E-state index >= 15 is 0 Å². The van der Waals surface area contributed by atoms with E-state index in [1.807, 2.05) is 30.3 Å². The van der Waals surface area contributed by atoms with Crippen LogP contribution in [0.4, 0.5) is 0 Å². The van der Waals surface area contributed by atoms with Crippen molar-refractivity contribution < 1.29 is 5.11 Å². The van der Waals surface area contributed by atoms with Crippen molar-refractivity contribution in [1.82, 2.24) is 0 Å². The summed E-state index contributed by atoms with van der Waals surface area (Å²) in [5, 5.41) is 8.61. The molecule has 0 heterocycles. The van der Waals surface area contributed by atoms with E-state index < -0.39 is 0 Å². The quantitative estimate of drug-likeness (QED) is 0.709. The van der Waals surface area contributed by atoms with Crippen LogP contribution in [0.2, 0.25) is 0 Å². The third-order valence-electron chi connectivity index (χ3n) is 1.90. The van der Waals surface area contributed by atoms with Gasteiger partial charge in [0, 0.05) is 12.6 Å². The normalized spacial score (nSPS) is 12.8. The van der Waals surface area contributed by atoms with E-state index in [1.165, 1.54) is 0 Å². The van der Waals surface area contributed by atoms with E-state index in [9.17, 15) is 0 Å². The largest absolute Gasteiger partial charge is 0.396 e. The van der Waals surface area contributed by atoms with E-state index in [1.54, 1.807) is 0 Å². The van der Waals surface area contributed by atoms with Crippen molar-refractivity contribution in [2.45, 2.75) is 18.9 Å². The van der Waals surface area contributed by atoms with Crippen molar-refractivity contribution in [1.29, 1.82) is 0 Å². The van der Waals surface area contributed by atoms with Crippen LogP contribution in [-0.4, -0.2) is 11.7 Å². The number of aliphatic hydroxyl groups is 1. The lowest BCUT2D eigenvalue weighted by Crippen LogP contribution is -2.10. The van der Waals surface area contributed by atoms with Crippen LogP contribution in [-0.2, 0) is 0 Å². The lowest BCUT2D eigenvalue weighted by atomic mass is 10.0. The standard InChI is InChI=1S/C10H15NO/c11-10(7-4-8-12)9-5-2-1-3-6-9/h1-3,5-6,10,12H,4,7-8,11H2/t10-/m0/s1. The summed E-state index contributed by atoms with van der Waals surface area (Å²) < 4.78 is 0. The molecular weight excluding hydrogens is 150 g/mol. The first-order valence-electron chi connectivity index (χ1n) is 4.26. The Balaban J connectivity index is 2.48. The summed E-state index contributed by atoms with van der Waals surface area (Å²) in [6, 6.07) is 10.0. The zero-order chi connectivity index (χ0) is 8.81. The van der Waals surface area contributed by atoms with Crippen LogP contribution < -0.4 is 5.73 Å². The lowest BCUT2D eigenvalue weighted by molar-refractivity contribution is 0.280. The Morgan fingerprint density at radius 2 is 1.92 bits per heavy atom. The molecule has 12 heavy (non-hydrogen) atoms. The fourth-order valence-electron chi connectivity index (χ4n) is 1.18. The number of rotatable bonds is 4. The minimum atomic E-state index is 0.0679. The smallest absolute Gasteiger partial charge is 0.0431 e. The Bertz CT molecular complexity index is 210. The van der Waals surface area contributed by atoms with Crippen molar-refractivity contribution >= 4 is 0 Å². The highest BCUT2D eigenvalue weighted by atomic mass is 16.2. The Hall–Kier alpha value is -0.860. The molecule has 1 atom stereocenters. The third kappa shape index (κ3) is 2.64. The van der Waals surface area contributed by atoms with Crippen LogP contribution in [0.1, 0.15) is 24.4 Å². The summed E-state index contributed by atoms with van der Waals surface area (Å²) in [6.07, 6.45) is 1.62. The molecule has 0 bridgehead atoms. The highest BCUT2D eigenvalue weighted by molar-refractivity contribution is 5.18. The molecule has 0 fully saturated rings. The number of hydrogen-bond acceptors (Lipinski definition) is 2. The zero-order valence-corrected chi connectivity index (χ0v) is 7.11. The van der Waals surface area contributed by atoms with Gasteiger partial charge in [-0.3, -0.25) is 0 Å². The SMILES string of the molecule is N[C@@H](CCCO)c1ccccc1. The minimum absolute atomic E-state index is 0.0679. The van der Waals surface area contributed by atoms with Crippen LogP contribution in [0.25, 0.3) is 0 Å². The Labute approximate surface area is 73.0 Å². The van der Waals surface area contributed by atoms with Gasteiger partial charge in [-0.05, 0) is 18.4 Å². The molecule has 1 rings (SSSR count). The van der Waals surface area contributed by atoms with Gasteiger partial charge < -0.3 is 10.8 Å². The predicted molar refractivity (Wildman–Crippen MR) is 49.7 cm³/mol. The highest BCUT2D eigenvalue weighted by Crippen LogP contribution is 2.14. The number of benzene rings is 1. The first-order valence-corrected chi connectivity index (χ1v) is 4.26. The summed E-state index contributed by atoms with van der Waals surface area (Å²) in [4.78, 5) is 0. The van der Waals surface area contributed by atoms with Gasteiger partial charge in [-0.1, -0.05) is 30.3 Å².